The minimum Gasteiger partial charge on any atom is -0.476 e. The van der Waals surface area contributed by atoms with E-state index >= 15 is 0 Å². The molecule has 2 unspecified atom stereocenters. The topological polar surface area (TPSA) is 81.1 Å². The molecule has 0 fully saturated rings. The predicted molar refractivity (Wildman–Crippen MR) is 68.5 cm³/mol. The molecule has 5 nitrogen and oxygen atoms in total. The SMILES string of the molecule is CCC(C)C(N)c1nc(C(=O)O)c2n1CCCC2. The Hall–Kier alpha value is -1.36. The molecule has 0 aliphatic carbocycles. The highest BCUT2D eigenvalue weighted by atomic mass is 16.4. The first-order chi connectivity index (χ1) is 8.56. The van der Waals surface area contributed by atoms with Crippen molar-refractivity contribution in [1.82, 2.24) is 9.55 Å². The van der Waals surface area contributed by atoms with Crippen LogP contribution >= 0.6 is 0 Å². The Morgan fingerprint density at radius 1 is 1.56 bits per heavy atom. The van der Waals surface area contributed by atoms with Crippen LogP contribution in [0.15, 0.2) is 0 Å². The summed E-state index contributed by atoms with van der Waals surface area (Å²) >= 11 is 0. The van der Waals surface area contributed by atoms with E-state index in [1.165, 1.54) is 0 Å². The van der Waals surface area contributed by atoms with Crippen molar-refractivity contribution < 1.29 is 9.90 Å². The molecule has 1 aliphatic rings. The van der Waals surface area contributed by atoms with Crippen LogP contribution in [-0.2, 0) is 13.0 Å². The molecule has 1 aromatic rings. The molecule has 0 radical (unpaired) electrons. The van der Waals surface area contributed by atoms with Crippen molar-refractivity contribution >= 4 is 5.97 Å². The van der Waals surface area contributed by atoms with Crippen molar-refractivity contribution in [1.29, 1.82) is 0 Å². The van der Waals surface area contributed by atoms with E-state index in [2.05, 4.69) is 18.8 Å². The molecule has 0 amide bonds. The Bertz CT molecular complexity index is 453. The number of carboxylic acids is 1. The van der Waals surface area contributed by atoms with E-state index in [1.54, 1.807) is 0 Å². The van der Waals surface area contributed by atoms with Crippen molar-refractivity contribution in [2.75, 3.05) is 0 Å². The van der Waals surface area contributed by atoms with Gasteiger partial charge in [-0.15, -0.1) is 0 Å². The fraction of sp³-hybridized carbons (Fsp3) is 0.692. The maximum Gasteiger partial charge on any atom is 0.356 e. The molecular weight excluding hydrogens is 230 g/mol. The lowest BCUT2D eigenvalue weighted by Gasteiger charge is -2.22. The summed E-state index contributed by atoms with van der Waals surface area (Å²) < 4.78 is 2.03. The summed E-state index contributed by atoms with van der Waals surface area (Å²) in [6.07, 6.45) is 3.86. The summed E-state index contributed by atoms with van der Waals surface area (Å²) in [5.41, 5.74) is 7.26. The summed E-state index contributed by atoms with van der Waals surface area (Å²) in [6.45, 7) is 5.01. The second-order valence-electron chi connectivity index (χ2n) is 5.09. The van der Waals surface area contributed by atoms with Gasteiger partial charge in [0.25, 0.3) is 0 Å². The van der Waals surface area contributed by atoms with E-state index in [0.717, 1.165) is 43.7 Å². The smallest absolute Gasteiger partial charge is 0.356 e. The molecule has 3 N–H and O–H groups in total. The maximum absolute atomic E-state index is 11.2. The quantitative estimate of drug-likeness (QED) is 0.857. The lowest BCUT2D eigenvalue weighted by Crippen LogP contribution is -2.24. The number of aromatic nitrogens is 2. The van der Waals surface area contributed by atoms with Crippen molar-refractivity contribution in [2.45, 2.75) is 52.1 Å². The third-order valence-corrected chi connectivity index (χ3v) is 3.91. The van der Waals surface area contributed by atoms with Gasteiger partial charge in [0.2, 0.25) is 0 Å². The van der Waals surface area contributed by atoms with Gasteiger partial charge >= 0.3 is 5.97 Å². The summed E-state index contributed by atoms with van der Waals surface area (Å²) in [5.74, 6) is 0.111. The number of aromatic carboxylic acids is 1. The Labute approximate surface area is 107 Å². The van der Waals surface area contributed by atoms with Gasteiger partial charge in [0.1, 0.15) is 5.82 Å². The fourth-order valence-electron chi connectivity index (χ4n) is 2.50. The summed E-state index contributed by atoms with van der Waals surface area (Å²) in [4.78, 5) is 15.5. The monoisotopic (exact) mass is 251 g/mol. The van der Waals surface area contributed by atoms with Gasteiger partial charge in [-0.2, -0.15) is 0 Å². The van der Waals surface area contributed by atoms with Gasteiger partial charge in [-0.1, -0.05) is 20.3 Å². The second-order valence-corrected chi connectivity index (χ2v) is 5.09. The molecule has 1 aliphatic heterocycles. The van der Waals surface area contributed by atoms with Crippen molar-refractivity contribution in [3.63, 3.8) is 0 Å². The van der Waals surface area contributed by atoms with Gasteiger partial charge in [0.15, 0.2) is 5.69 Å². The molecule has 0 saturated heterocycles. The Morgan fingerprint density at radius 3 is 2.89 bits per heavy atom. The van der Waals surface area contributed by atoms with Crippen molar-refractivity contribution in [3.8, 4) is 0 Å². The molecule has 5 heteroatoms. The lowest BCUT2D eigenvalue weighted by atomic mass is 9.99. The molecule has 0 aromatic carbocycles. The average Bonchev–Trinajstić information content (AvgIpc) is 2.76. The second kappa shape index (κ2) is 5.10. The summed E-state index contributed by atoms with van der Waals surface area (Å²) in [7, 11) is 0. The highest BCUT2D eigenvalue weighted by molar-refractivity contribution is 5.87. The molecular formula is C13H21N3O2. The van der Waals surface area contributed by atoms with Crippen LogP contribution in [0.3, 0.4) is 0 Å². The molecule has 100 valence electrons. The van der Waals surface area contributed by atoms with Crippen LogP contribution in [-0.4, -0.2) is 20.6 Å². The van der Waals surface area contributed by atoms with Gasteiger partial charge in [-0.3, -0.25) is 0 Å². The first-order valence-electron chi connectivity index (χ1n) is 6.64. The normalized spacial score (nSPS) is 18.2. The Balaban J connectivity index is 2.44. The fourth-order valence-corrected chi connectivity index (χ4v) is 2.50. The van der Waals surface area contributed by atoms with E-state index < -0.39 is 5.97 Å². The Kier molecular flexibility index (Phi) is 3.71. The van der Waals surface area contributed by atoms with Crippen LogP contribution in [0, 0.1) is 5.92 Å². The van der Waals surface area contributed by atoms with Crippen LogP contribution in [0.25, 0.3) is 0 Å². The lowest BCUT2D eigenvalue weighted by molar-refractivity contribution is 0.0689. The molecule has 2 rings (SSSR count). The van der Waals surface area contributed by atoms with E-state index in [-0.39, 0.29) is 11.7 Å². The average molecular weight is 251 g/mol. The number of rotatable bonds is 4. The molecule has 0 bridgehead atoms. The van der Waals surface area contributed by atoms with Gasteiger partial charge in [0.05, 0.1) is 11.7 Å². The van der Waals surface area contributed by atoms with Crippen LogP contribution in [0.2, 0.25) is 0 Å². The molecule has 2 heterocycles. The number of nitrogens with zero attached hydrogens (tertiary/aromatic N) is 2. The number of hydrogen-bond acceptors (Lipinski definition) is 3. The highest BCUT2D eigenvalue weighted by Crippen LogP contribution is 2.27. The minimum atomic E-state index is -0.941. The summed E-state index contributed by atoms with van der Waals surface area (Å²) in [6, 6.07) is -0.181. The Morgan fingerprint density at radius 2 is 2.28 bits per heavy atom. The van der Waals surface area contributed by atoms with E-state index in [1.807, 2.05) is 4.57 Å². The summed E-state index contributed by atoms with van der Waals surface area (Å²) in [5, 5.41) is 9.22. The molecule has 0 spiro atoms. The minimum absolute atomic E-state index is 0.181. The number of carboxylic acid groups (broad SMARTS) is 1. The zero-order chi connectivity index (χ0) is 13.3. The zero-order valence-electron chi connectivity index (χ0n) is 11.0. The van der Waals surface area contributed by atoms with E-state index in [4.69, 9.17) is 5.73 Å². The first kappa shape index (κ1) is 13.1. The van der Waals surface area contributed by atoms with Crippen molar-refractivity contribution in [2.24, 2.45) is 11.7 Å². The molecule has 18 heavy (non-hydrogen) atoms. The predicted octanol–water partition coefficient (Wildman–Crippen LogP) is 1.96. The van der Waals surface area contributed by atoms with Gasteiger partial charge in [0, 0.05) is 6.54 Å². The van der Waals surface area contributed by atoms with Crippen LogP contribution in [0.5, 0.6) is 0 Å². The van der Waals surface area contributed by atoms with Crippen molar-refractivity contribution in [3.05, 3.63) is 17.2 Å². The van der Waals surface area contributed by atoms with Gasteiger partial charge in [-0.05, 0) is 25.2 Å². The zero-order valence-corrected chi connectivity index (χ0v) is 11.0. The van der Waals surface area contributed by atoms with Crippen LogP contribution in [0.1, 0.15) is 61.2 Å². The van der Waals surface area contributed by atoms with Gasteiger partial charge in [-0.25, -0.2) is 9.78 Å². The third-order valence-electron chi connectivity index (χ3n) is 3.91. The number of carbonyl (C=O) groups is 1. The van der Waals surface area contributed by atoms with Crippen LogP contribution in [0.4, 0.5) is 0 Å². The maximum atomic E-state index is 11.2. The van der Waals surface area contributed by atoms with Gasteiger partial charge < -0.3 is 15.4 Å². The van der Waals surface area contributed by atoms with E-state index in [0.29, 0.717) is 5.92 Å². The number of hydrogen-bond donors (Lipinski definition) is 2. The standard InChI is InChI=1S/C13H21N3O2/c1-3-8(2)10(14)12-15-11(13(17)18)9-6-4-5-7-16(9)12/h8,10H,3-7,14H2,1-2H3,(H,17,18). The highest BCUT2D eigenvalue weighted by Gasteiger charge is 2.28. The third kappa shape index (κ3) is 2.14. The number of fused-ring (bicyclic) bond motifs is 1. The first-order valence-corrected chi connectivity index (χ1v) is 6.64. The number of nitrogens with two attached hydrogens (primary N) is 1. The van der Waals surface area contributed by atoms with E-state index in [9.17, 15) is 9.90 Å². The molecule has 1 aromatic heterocycles. The molecule has 2 atom stereocenters. The number of imidazole rings is 1. The van der Waals surface area contributed by atoms with Crippen LogP contribution < -0.4 is 5.73 Å². The largest absolute Gasteiger partial charge is 0.476 e. The molecule has 0 saturated carbocycles.